The lowest BCUT2D eigenvalue weighted by Gasteiger charge is -2.09. The second-order valence-electron chi connectivity index (χ2n) is 3.28. The lowest BCUT2D eigenvalue weighted by molar-refractivity contribution is -0.189. The van der Waals surface area contributed by atoms with Crippen molar-refractivity contribution in [3.63, 3.8) is 0 Å². The van der Waals surface area contributed by atoms with Gasteiger partial charge in [0.2, 0.25) is 5.91 Å². The molecule has 1 aromatic rings. The Morgan fingerprint density at radius 1 is 1.39 bits per heavy atom. The van der Waals surface area contributed by atoms with Gasteiger partial charge in [-0.3, -0.25) is 9.63 Å². The van der Waals surface area contributed by atoms with Crippen LogP contribution >= 0.6 is 15.9 Å². The second-order valence-corrected chi connectivity index (χ2v) is 4.20. The van der Waals surface area contributed by atoms with E-state index in [2.05, 4.69) is 26.1 Å². The molecule has 1 aromatic carbocycles. The Hall–Kier alpha value is -1.12. The van der Waals surface area contributed by atoms with Gasteiger partial charge in [0.1, 0.15) is 6.54 Å². The van der Waals surface area contributed by atoms with Gasteiger partial charge in [-0.2, -0.15) is 18.7 Å². The Bertz CT molecular complexity index is 412. The van der Waals surface area contributed by atoms with Gasteiger partial charge < -0.3 is 5.32 Å². The number of amides is 1. The van der Waals surface area contributed by atoms with Crippen molar-refractivity contribution in [1.29, 1.82) is 0 Å². The molecule has 0 aliphatic rings. The van der Waals surface area contributed by atoms with E-state index in [9.17, 15) is 18.0 Å². The fourth-order valence-corrected chi connectivity index (χ4v) is 1.42. The van der Waals surface area contributed by atoms with Gasteiger partial charge in [-0.1, -0.05) is 22.0 Å². The summed E-state index contributed by atoms with van der Waals surface area (Å²) in [7, 11) is 0. The van der Waals surface area contributed by atoms with Crippen molar-refractivity contribution in [3.05, 3.63) is 28.7 Å². The summed E-state index contributed by atoms with van der Waals surface area (Å²) in [6.45, 7) is -1.82. The zero-order valence-electron chi connectivity index (χ0n) is 9.05. The molecule has 0 saturated carbocycles. The smallest absolute Gasteiger partial charge is 0.325 e. The van der Waals surface area contributed by atoms with Crippen LogP contribution in [0.2, 0.25) is 0 Å². The van der Waals surface area contributed by atoms with Crippen LogP contribution in [0.5, 0.6) is 0 Å². The molecule has 100 valence electrons. The molecule has 1 rings (SSSR count). The second kappa shape index (κ2) is 6.72. The lowest BCUT2D eigenvalue weighted by atomic mass is 10.3. The van der Waals surface area contributed by atoms with Crippen LogP contribution in [0.1, 0.15) is 0 Å². The molecule has 2 N–H and O–H groups in total. The van der Waals surface area contributed by atoms with Crippen LogP contribution in [0, 0.1) is 0 Å². The highest BCUT2D eigenvalue weighted by Gasteiger charge is 2.27. The van der Waals surface area contributed by atoms with E-state index in [1.807, 2.05) is 5.48 Å². The molecular formula is C10H10BrF3N2O2. The summed E-state index contributed by atoms with van der Waals surface area (Å²) < 4.78 is 35.9. The molecule has 0 saturated heterocycles. The monoisotopic (exact) mass is 326 g/mol. The van der Waals surface area contributed by atoms with Gasteiger partial charge in [0, 0.05) is 10.2 Å². The van der Waals surface area contributed by atoms with Gasteiger partial charge in [0.25, 0.3) is 0 Å². The van der Waals surface area contributed by atoms with E-state index in [-0.39, 0.29) is 6.54 Å². The number of nitrogens with one attached hydrogen (secondary N) is 2. The van der Waals surface area contributed by atoms with Gasteiger partial charge in [-0.25, -0.2) is 0 Å². The lowest BCUT2D eigenvalue weighted by Crippen LogP contribution is -2.31. The Balaban J connectivity index is 2.26. The largest absolute Gasteiger partial charge is 0.413 e. The Kier molecular flexibility index (Phi) is 5.57. The first-order chi connectivity index (χ1) is 8.37. The third-order valence-electron chi connectivity index (χ3n) is 1.68. The molecule has 0 bridgehead atoms. The number of alkyl halides is 3. The van der Waals surface area contributed by atoms with Gasteiger partial charge in [0.15, 0.2) is 6.61 Å². The van der Waals surface area contributed by atoms with Crippen molar-refractivity contribution < 1.29 is 22.8 Å². The number of anilines is 1. The van der Waals surface area contributed by atoms with E-state index in [1.54, 1.807) is 24.3 Å². The van der Waals surface area contributed by atoms with Crippen molar-refractivity contribution in [2.75, 3.05) is 18.5 Å². The molecule has 0 spiro atoms. The standard InChI is InChI=1S/C10H10BrF3N2O2/c11-7-2-1-3-8(4-7)16-9(17)5-15-18-6-10(12,13)14/h1-4,15H,5-6H2,(H,16,17). The number of rotatable bonds is 5. The highest BCUT2D eigenvalue weighted by Crippen LogP contribution is 2.15. The third-order valence-corrected chi connectivity index (χ3v) is 2.17. The SMILES string of the molecule is O=C(CNOCC(F)(F)F)Nc1cccc(Br)c1. The van der Waals surface area contributed by atoms with E-state index in [4.69, 9.17) is 0 Å². The average molecular weight is 327 g/mol. The van der Waals surface area contributed by atoms with Crippen LogP contribution in [-0.4, -0.2) is 25.2 Å². The fourth-order valence-electron chi connectivity index (χ4n) is 1.02. The number of hydroxylamine groups is 1. The van der Waals surface area contributed by atoms with Crippen molar-refractivity contribution in [2.24, 2.45) is 0 Å². The molecule has 18 heavy (non-hydrogen) atoms. The Morgan fingerprint density at radius 2 is 2.11 bits per heavy atom. The highest BCUT2D eigenvalue weighted by atomic mass is 79.9. The van der Waals surface area contributed by atoms with E-state index < -0.39 is 18.7 Å². The number of benzene rings is 1. The van der Waals surface area contributed by atoms with Crippen molar-refractivity contribution >= 4 is 27.5 Å². The molecule has 1 amide bonds. The molecule has 8 heteroatoms. The molecule has 4 nitrogen and oxygen atoms in total. The highest BCUT2D eigenvalue weighted by molar-refractivity contribution is 9.10. The molecule has 0 aliphatic heterocycles. The van der Waals surface area contributed by atoms with Crippen molar-refractivity contribution in [1.82, 2.24) is 5.48 Å². The number of carbonyl (C=O) groups is 1. The summed E-state index contributed by atoms with van der Waals surface area (Å²) in [5, 5.41) is 2.49. The maximum absolute atomic E-state index is 11.7. The maximum atomic E-state index is 11.7. The number of halogens is 4. The molecule has 0 fully saturated rings. The molecular weight excluding hydrogens is 317 g/mol. The zero-order valence-corrected chi connectivity index (χ0v) is 10.6. The number of hydrogen-bond acceptors (Lipinski definition) is 3. The summed E-state index contributed by atoms with van der Waals surface area (Å²) in [5.74, 6) is -0.504. The summed E-state index contributed by atoms with van der Waals surface area (Å²) in [6.07, 6.45) is -4.42. The van der Waals surface area contributed by atoms with Crippen molar-refractivity contribution in [2.45, 2.75) is 6.18 Å². The van der Waals surface area contributed by atoms with E-state index in [0.29, 0.717) is 5.69 Å². The molecule has 0 atom stereocenters. The zero-order chi connectivity index (χ0) is 13.6. The fraction of sp³-hybridized carbons (Fsp3) is 0.300. The molecule has 0 radical (unpaired) electrons. The number of hydrogen-bond donors (Lipinski definition) is 2. The first-order valence-corrected chi connectivity index (χ1v) is 5.63. The van der Waals surface area contributed by atoms with Crippen LogP contribution < -0.4 is 10.8 Å². The summed E-state index contributed by atoms with van der Waals surface area (Å²) in [4.78, 5) is 15.4. The van der Waals surface area contributed by atoms with Crippen molar-refractivity contribution in [3.8, 4) is 0 Å². The first kappa shape index (κ1) is 14.9. The molecule has 0 aromatic heterocycles. The number of carbonyl (C=O) groups excluding carboxylic acids is 1. The normalized spacial score (nSPS) is 11.3. The van der Waals surface area contributed by atoms with E-state index in [1.165, 1.54) is 0 Å². The predicted octanol–water partition coefficient (Wildman–Crippen LogP) is 2.47. The molecule has 0 heterocycles. The van der Waals surface area contributed by atoms with Crippen LogP contribution in [-0.2, 0) is 9.63 Å². The van der Waals surface area contributed by atoms with Crippen LogP contribution in [0.25, 0.3) is 0 Å². The van der Waals surface area contributed by atoms with Crippen LogP contribution in [0.15, 0.2) is 28.7 Å². The topological polar surface area (TPSA) is 50.4 Å². The average Bonchev–Trinajstić information content (AvgIpc) is 2.23. The Labute approximate surface area is 110 Å². The third kappa shape index (κ3) is 6.58. The van der Waals surface area contributed by atoms with Gasteiger partial charge in [-0.05, 0) is 18.2 Å². The summed E-state index contributed by atoms with van der Waals surface area (Å²) in [5.41, 5.74) is 2.47. The molecule has 0 aliphatic carbocycles. The first-order valence-electron chi connectivity index (χ1n) is 4.83. The molecule has 0 unspecified atom stereocenters. The van der Waals surface area contributed by atoms with E-state index >= 15 is 0 Å². The minimum Gasteiger partial charge on any atom is -0.325 e. The van der Waals surface area contributed by atoms with Gasteiger partial charge in [-0.15, -0.1) is 0 Å². The maximum Gasteiger partial charge on any atom is 0.413 e. The Morgan fingerprint density at radius 3 is 2.72 bits per heavy atom. The summed E-state index contributed by atoms with van der Waals surface area (Å²) in [6, 6.07) is 6.81. The van der Waals surface area contributed by atoms with Gasteiger partial charge in [0.05, 0.1) is 0 Å². The quantitative estimate of drug-likeness (QED) is 0.645. The summed E-state index contributed by atoms with van der Waals surface area (Å²) >= 11 is 3.22. The van der Waals surface area contributed by atoms with E-state index in [0.717, 1.165) is 4.47 Å². The predicted molar refractivity (Wildman–Crippen MR) is 62.8 cm³/mol. The van der Waals surface area contributed by atoms with Gasteiger partial charge >= 0.3 is 6.18 Å². The minimum absolute atomic E-state index is 0.372. The van der Waals surface area contributed by atoms with Crippen LogP contribution in [0.4, 0.5) is 18.9 Å². The minimum atomic E-state index is -4.42. The van der Waals surface area contributed by atoms with Crippen LogP contribution in [0.3, 0.4) is 0 Å².